The van der Waals surface area contributed by atoms with Crippen molar-refractivity contribution in [3.63, 3.8) is 0 Å². The predicted molar refractivity (Wildman–Crippen MR) is 128 cm³/mol. The van der Waals surface area contributed by atoms with Gasteiger partial charge in [-0.05, 0) is 43.5 Å². The van der Waals surface area contributed by atoms with Gasteiger partial charge >= 0.3 is 0 Å². The standard InChI is InChI=1S/C21H20Cl3N5OS/c22-14-11-16(23)19(17(24)12-14)25-18(30)13-31-21-27-26-20(28-9-5-2-6-10-28)29(21)15-7-3-1-4-8-15/h1,3-4,7-8,11-12H,2,5-6,9-10,13H2,(H,25,30). The highest BCUT2D eigenvalue weighted by molar-refractivity contribution is 7.99. The number of nitrogens with one attached hydrogen (secondary N) is 1. The van der Waals surface area contributed by atoms with Crippen LogP contribution in [0.25, 0.3) is 5.69 Å². The van der Waals surface area contributed by atoms with E-state index >= 15 is 0 Å². The van der Waals surface area contributed by atoms with E-state index in [9.17, 15) is 4.79 Å². The van der Waals surface area contributed by atoms with Crippen LogP contribution in [0.4, 0.5) is 11.6 Å². The molecule has 1 amide bonds. The fourth-order valence-corrected chi connectivity index (χ4v) is 5.08. The first kappa shape index (κ1) is 22.3. The van der Waals surface area contributed by atoms with E-state index in [0.29, 0.717) is 15.9 Å². The van der Waals surface area contributed by atoms with Crippen LogP contribution >= 0.6 is 46.6 Å². The average molecular weight is 497 g/mol. The smallest absolute Gasteiger partial charge is 0.234 e. The second kappa shape index (κ2) is 10.1. The molecule has 4 rings (SSSR count). The van der Waals surface area contributed by atoms with E-state index < -0.39 is 0 Å². The molecule has 1 saturated heterocycles. The molecule has 1 aliphatic rings. The lowest BCUT2D eigenvalue weighted by atomic mass is 10.1. The Labute approximate surface area is 199 Å². The first-order chi connectivity index (χ1) is 15.0. The van der Waals surface area contributed by atoms with E-state index in [4.69, 9.17) is 34.8 Å². The van der Waals surface area contributed by atoms with Crippen molar-refractivity contribution in [3.05, 3.63) is 57.5 Å². The number of aromatic nitrogens is 3. The van der Waals surface area contributed by atoms with Gasteiger partial charge in [-0.2, -0.15) is 0 Å². The molecule has 162 valence electrons. The number of rotatable bonds is 6. The monoisotopic (exact) mass is 495 g/mol. The van der Waals surface area contributed by atoms with Crippen LogP contribution in [-0.2, 0) is 4.79 Å². The molecule has 2 heterocycles. The Morgan fingerprint density at radius 1 is 1.00 bits per heavy atom. The third-order valence-corrected chi connectivity index (χ3v) is 6.62. The molecule has 1 fully saturated rings. The van der Waals surface area contributed by atoms with Crippen LogP contribution in [0, 0.1) is 0 Å². The van der Waals surface area contributed by atoms with Crippen molar-refractivity contribution in [1.29, 1.82) is 0 Å². The largest absolute Gasteiger partial charge is 0.341 e. The number of carbonyl (C=O) groups is 1. The Bertz CT molecular complexity index is 1050. The molecule has 0 bridgehead atoms. The van der Waals surface area contributed by atoms with Gasteiger partial charge in [-0.3, -0.25) is 9.36 Å². The summed E-state index contributed by atoms with van der Waals surface area (Å²) in [5, 5.41) is 13.2. The molecular formula is C21H20Cl3N5OS. The summed E-state index contributed by atoms with van der Waals surface area (Å²) in [6.07, 6.45) is 3.50. The molecule has 0 saturated carbocycles. The summed E-state index contributed by atoms with van der Waals surface area (Å²) in [5.41, 5.74) is 1.30. The Morgan fingerprint density at radius 3 is 2.35 bits per heavy atom. The molecule has 1 aromatic heterocycles. The zero-order chi connectivity index (χ0) is 21.8. The van der Waals surface area contributed by atoms with Gasteiger partial charge < -0.3 is 10.2 Å². The highest BCUT2D eigenvalue weighted by Crippen LogP contribution is 2.34. The fourth-order valence-electron chi connectivity index (χ4n) is 3.42. The van der Waals surface area contributed by atoms with Gasteiger partial charge in [0, 0.05) is 18.1 Å². The Hall–Kier alpha value is -1.93. The molecule has 0 spiro atoms. The van der Waals surface area contributed by atoms with Crippen molar-refractivity contribution in [3.8, 4) is 5.69 Å². The number of thioether (sulfide) groups is 1. The number of hydrogen-bond donors (Lipinski definition) is 1. The number of carbonyl (C=O) groups excluding carboxylic acids is 1. The van der Waals surface area contributed by atoms with Crippen molar-refractivity contribution in [1.82, 2.24) is 14.8 Å². The highest BCUT2D eigenvalue weighted by atomic mass is 35.5. The summed E-state index contributed by atoms with van der Waals surface area (Å²) >= 11 is 19.6. The number of para-hydroxylation sites is 1. The molecular weight excluding hydrogens is 477 g/mol. The zero-order valence-corrected chi connectivity index (χ0v) is 19.6. The summed E-state index contributed by atoms with van der Waals surface area (Å²) in [4.78, 5) is 14.8. The highest BCUT2D eigenvalue weighted by Gasteiger charge is 2.22. The number of halogens is 3. The molecule has 0 unspecified atom stereocenters. The van der Waals surface area contributed by atoms with Crippen LogP contribution in [0.5, 0.6) is 0 Å². The van der Waals surface area contributed by atoms with Crippen molar-refractivity contribution in [2.45, 2.75) is 24.4 Å². The van der Waals surface area contributed by atoms with E-state index in [-0.39, 0.29) is 21.7 Å². The number of nitrogens with zero attached hydrogens (tertiary/aromatic N) is 4. The quantitative estimate of drug-likeness (QED) is 0.427. The maximum atomic E-state index is 12.6. The summed E-state index contributed by atoms with van der Waals surface area (Å²) in [7, 11) is 0. The van der Waals surface area contributed by atoms with E-state index in [1.807, 2.05) is 34.9 Å². The Kier molecular flexibility index (Phi) is 7.27. The van der Waals surface area contributed by atoms with Gasteiger partial charge in [-0.25, -0.2) is 0 Å². The van der Waals surface area contributed by atoms with Gasteiger partial charge in [0.15, 0.2) is 5.16 Å². The molecule has 1 N–H and O–H groups in total. The molecule has 3 aromatic rings. The Morgan fingerprint density at radius 2 is 1.68 bits per heavy atom. The third kappa shape index (κ3) is 5.29. The maximum absolute atomic E-state index is 12.6. The van der Waals surface area contributed by atoms with Crippen molar-refractivity contribution >= 4 is 64.1 Å². The SMILES string of the molecule is O=C(CSc1nnc(N2CCCCC2)n1-c1ccccc1)Nc1c(Cl)cc(Cl)cc1Cl. The van der Waals surface area contributed by atoms with Crippen LogP contribution in [0.3, 0.4) is 0 Å². The van der Waals surface area contributed by atoms with Gasteiger partial charge in [0.25, 0.3) is 0 Å². The number of piperidine rings is 1. The Balaban J connectivity index is 1.53. The van der Waals surface area contributed by atoms with E-state index in [1.54, 1.807) is 0 Å². The third-order valence-electron chi connectivity index (χ3n) is 4.87. The lowest BCUT2D eigenvalue weighted by Crippen LogP contribution is -2.31. The number of anilines is 2. The minimum absolute atomic E-state index is 0.125. The van der Waals surface area contributed by atoms with E-state index in [0.717, 1.165) is 37.6 Å². The number of amides is 1. The van der Waals surface area contributed by atoms with E-state index in [2.05, 4.69) is 20.4 Å². The van der Waals surface area contributed by atoms with Crippen LogP contribution < -0.4 is 10.2 Å². The second-order valence-electron chi connectivity index (χ2n) is 7.08. The molecule has 2 aromatic carbocycles. The van der Waals surface area contributed by atoms with Gasteiger partial charge in [0.1, 0.15) is 0 Å². The van der Waals surface area contributed by atoms with Crippen LogP contribution in [0.1, 0.15) is 19.3 Å². The molecule has 0 aliphatic carbocycles. The van der Waals surface area contributed by atoms with Crippen molar-refractivity contribution in [2.24, 2.45) is 0 Å². The van der Waals surface area contributed by atoms with Crippen LogP contribution in [0.15, 0.2) is 47.6 Å². The van der Waals surface area contributed by atoms with Crippen molar-refractivity contribution < 1.29 is 4.79 Å². The average Bonchev–Trinajstić information content (AvgIpc) is 3.20. The molecule has 6 nitrogen and oxygen atoms in total. The topological polar surface area (TPSA) is 63.1 Å². The molecule has 0 radical (unpaired) electrons. The fraction of sp³-hybridized carbons (Fsp3) is 0.286. The molecule has 0 atom stereocenters. The maximum Gasteiger partial charge on any atom is 0.234 e. The summed E-state index contributed by atoms with van der Waals surface area (Å²) in [5.74, 6) is 0.677. The van der Waals surface area contributed by atoms with Crippen molar-refractivity contribution in [2.75, 3.05) is 29.1 Å². The second-order valence-corrected chi connectivity index (χ2v) is 9.28. The zero-order valence-electron chi connectivity index (χ0n) is 16.5. The van der Waals surface area contributed by atoms with Gasteiger partial charge in [0.05, 0.1) is 27.2 Å². The molecule has 1 aliphatic heterocycles. The van der Waals surface area contributed by atoms with Crippen LogP contribution in [0.2, 0.25) is 15.1 Å². The predicted octanol–water partition coefficient (Wildman–Crippen LogP) is 5.95. The van der Waals surface area contributed by atoms with Gasteiger partial charge in [-0.15, -0.1) is 10.2 Å². The lowest BCUT2D eigenvalue weighted by Gasteiger charge is -2.27. The van der Waals surface area contributed by atoms with Gasteiger partial charge in [0.2, 0.25) is 11.9 Å². The van der Waals surface area contributed by atoms with Crippen LogP contribution in [-0.4, -0.2) is 39.5 Å². The summed E-state index contributed by atoms with van der Waals surface area (Å²) in [6, 6.07) is 13.0. The minimum atomic E-state index is -0.252. The minimum Gasteiger partial charge on any atom is -0.341 e. The number of hydrogen-bond acceptors (Lipinski definition) is 5. The molecule has 10 heteroatoms. The number of benzene rings is 2. The first-order valence-corrected chi connectivity index (χ1v) is 12.0. The summed E-state index contributed by atoms with van der Waals surface area (Å²) < 4.78 is 2.01. The van der Waals surface area contributed by atoms with E-state index in [1.165, 1.54) is 30.3 Å². The first-order valence-electron chi connectivity index (χ1n) is 9.86. The normalized spacial score (nSPS) is 14.0. The lowest BCUT2D eigenvalue weighted by molar-refractivity contribution is -0.113. The summed E-state index contributed by atoms with van der Waals surface area (Å²) in [6.45, 7) is 1.90. The van der Waals surface area contributed by atoms with Gasteiger partial charge in [-0.1, -0.05) is 64.8 Å². The molecule has 31 heavy (non-hydrogen) atoms.